The Labute approximate surface area is 181 Å². The predicted octanol–water partition coefficient (Wildman–Crippen LogP) is 4.52. The molecule has 7 heteroatoms. The fourth-order valence-electron chi connectivity index (χ4n) is 4.46. The second kappa shape index (κ2) is 7.55. The van der Waals surface area contributed by atoms with Crippen LogP contribution in [-0.4, -0.2) is 46.5 Å². The summed E-state index contributed by atoms with van der Waals surface area (Å²) in [7, 11) is 1.69. The molecule has 1 aliphatic heterocycles. The number of hydrogen-bond donors (Lipinski definition) is 1. The highest BCUT2D eigenvalue weighted by atomic mass is 16.5. The number of fused-ring (bicyclic) bond motifs is 1. The second-order valence-electron chi connectivity index (χ2n) is 8.96. The Bertz CT molecular complexity index is 1130. The van der Waals surface area contributed by atoms with E-state index in [9.17, 15) is 4.79 Å². The van der Waals surface area contributed by atoms with Gasteiger partial charge < -0.3 is 19.4 Å². The number of furan rings is 1. The maximum atomic E-state index is 13.5. The van der Waals surface area contributed by atoms with E-state index in [4.69, 9.17) is 9.15 Å². The van der Waals surface area contributed by atoms with Crippen molar-refractivity contribution in [3.05, 3.63) is 47.5 Å². The topological polar surface area (TPSA) is 80.5 Å². The summed E-state index contributed by atoms with van der Waals surface area (Å²) in [5.41, 5.74) is 2.37. The van der Waals surface area contributed by atoms with Crippen molar-refractivity contribution in [3.63, 3.8) is 0 Å². The number of nitrogens with zero attached hydrogens (tertiary/aromatic N) is 3. The van der Waals surface area contributed by atoms with E-state index in [2.05, 4.69) is 34.3 Å². The summed E-state index contributed by atoms with van der Waals surface area (Å²) in [6.07, 6.45) is 5.53. The molecule has 0 bridgehead atoms. The van der Waals surface area contributed by atoms with Gasteiger partial charge in [0.2, 0.25) is 5.71 Å². The van der Waals surface area contributed by atoms with Crippen LogP contribution in [0.4, 0.5) is 5.82 Å². The van der Waals surface area contributed by atoms with Gasteiger partial charge in [0.25, 0.3) is 5.91 Å². The first kappa shape index (κ1) is 19.8. The lowest BCUT2D eigenvalue weighted by molar-refractivity contribution is 0.0713. The normalized spacial score (nSPS) is 18.2. The molecule has 2 aliphatic rings. The highest BCUT2D eigenvalue weighted by Gasteiger charge is 2.39. The Balaban J connectivity index is 1.38. The van der Waals surface area contributed by atoms with Crippen LogP contribution in [0, 0.1) is 6.92 Å². The average Bonchev–Trinajstić information content (AvgIpc) is 3.41. The number of aromatic nitrogens is 2. The van der Waals surface area contributed by atoms with E-state index in [1.807, 2.05) is 24.0 Å². The molecule has 1 amide bonds. The molecule has 0 radical (unpaired) electrons. The van der Waals surface area contributed by atoms with Crippen LogP contribution in [-0.2, 0) is 0 Å². The van der Waals surface area contributed by atoms with E-state index in [1.54, 1.807) is 7.11 Å². The zero-order valence-electron chi connectivity index (χ0n) is 18.3. The van der Waals surface area contributed by atoms with Crippen molar-refractivity contribution in [1.82, 2.24) is 14.9 Å². The largest absolute Gasteiger partial charge is 0.497 e. The Morgan fingerprint density at radius 2 is 2.03 bits per heavy atom. The first-order valence-electron chi connectivity index (χ1n) is 10.9. The van der Waals surface area contributed by atoms with Crippen molar-refractivity contribution in [2.75, 3.05) is 25.5 Å². The van der Waals surface area contributed by atoms with E-state index in [-0.39, 0.29) is 11.4 Å². The van der Waals surface area contributed by atoms with Crippen molar-refractivity contribution < 1.29 is 13.9 Å². The SMILES string of the molecule is COc1cccc(C2CCN(C(=O)c3c(C)oc4ncnc(NC5(C)CC5)c34)CC2)c1. The maximum absolute atomic E-state index is 13.5. The molecular formula is C24H28N4O3. The van der Waals surface area contributed by atoms with Crippen LogP contribution >= 0.6 is 0 Å². The number of anilines is 1. The number of carbonyl (C=O) groups excluding carboxylic acids is 1. The zero-order valence-corrected chi connectivity index (χ0v) is 18.3. The van der Waals surface area contributed by atoms with Crippen LogP contribution in [0.3, 0.4) is 0 Å². The van der Waals surface area contributed by atoms with Crippen molar-refractivity contribution in [1.29, 1.82) is 0 Å². The molecule has 1 aliphatic carbocycles. The molecule has 2 fully saturated rings. The number of rotatable bonds is 5. The number of amides is 1. The second-order valence-corrected chi connectivity index (χ2v) is 8.96. The number of methoxy groups -OCH3 is 1. The highest BCUT2D eigenvalue weighted by molar-refractivity contribution is 6.10. The summed E-state index contributed by atoms with van der Waals surface area (Å²) < 4.78 is 11.2. The molecule has 0 atom stereocenters. The summed E-state index contributed by atoms with van der Waals surface area (Å²) in [6.45, 7) is 5.42. The summed E-state index contributed by atoms with van der Waals surface area (Å²) in [4.78, 5) is 24.2. The van der Waals surface area contributed by atoms with E-state index in [0.717, 1.165) is 31.4 Å². The van der Waals surface area contributed by atoms with Gasteiger partial charge in [0.1, 0.15) is 23.7 Å². The predicted molar refractivity (Wildman–Crippen MR) is 119 cm³/mol. The number of nitrogens with one attached hydrogen (secondary N) is 1. The van der Waals surface area contributed by atoms with E-state index >= 15 is 0 Å². The number of likely N-dealkylation sites (tertiary alicyclic amines) is 1. The fourth-order valence-corrected chi connectivity index (χ4v) is 4.46. The number of aryl methyl sites for hydroxylation is 1. The molecule has 1 N–H and O–H groups in total. The first-order valence-corrected chi connectivity index (χ1v) is 10.9. The van der Waals surface area contributed by atoms with Crippen LogP contribution in [0.15, 0.2) is 35.0 Å². The number of hydrogen-bond acceptors (Lipinski definition) is 6. The number of piperidine rings is 1. The average molecular weight is 421 g/mol. The Morgan fingerprint density at radius 1 is 1.26 bits per heavy atom. The molecule has 3 heterocycles. The molecule has 1 saturated heterocycles. The van der Waals surface area contributed by atoms with Crippen LogP contribution in [0.25, 0.3) is 11.1 Å². The third-order valence-corrected chi connectivity index (χ3v) is 6.65. The number of ether oxygens (including phenoxy) is 1. The van der Waals surface area contributed by atoms with Gasteiger partial charge in [-0.15, -0.1) is 0 Å². The smallest absolute Gasteiger partial charge is 0.258 e. The molecule has 162 valence electrons. The first-order chi connectivity index (χ1) is 15.0. The van der Waals surface area contributed by atoms with Gasteiger partial charge in [0.05, 0.1) is 18.1 Å². The summed E-state index contributed by atoms with van der Waals surface area (Å²) in [6, 6.07) is 8.24. The molecule has 3 aromatic rings. The fraction of sp³-hybridized carbons (Fsp3) is 0.458. The lowest BCUT2D eigenvalue weighted by Crippen LogP contribution is -2.38. The minimum Gasteiger partial charge on any atom is -0.497 e. The quantitative estimate of drug-likeness (QED) is 0.653. The Hall–Kier alpha value is -3.09. The summed E-state index contributed by atoms with van der Waals surface area (Å²) in [5.74, 6) is 2.59. The van der Waals surface area contributed by atoms with Crippen molar-refractivity contribution in [2.24, 2.45) is 0 Å². The van der Waals surface area contributed by atoms with Crippen LogP contribution in [0.5, 0.6) is 5.75 Å². The zero-order chi connectivity index (χ0) is 21.6. The maximum Gasteiger partial charge on any atom is 0.258 e. The molecule has 0 spiro atoms. The molecular weight excluding hydrogens is 392 g/mol. The summed E-state index contributed by atoms with van der Waals surface area (Å²) in [5, 5.41) is 4.19. The van der Waals surface area contributed by atoms with Gasteiger partial charge >= 0.3 is 0 Å². The standard InChI is InChI=1S/C24H28N4O3/c1-15-19(20-21(27-24(2)9-10-24)25-14-26-22(20)31-15)23(29)28-11-7-16(8-12-28)17-5-4-6-18(13-17)30-3/h4-6,13-14,16H,7-12H2,1-3H3,(H,25,26,27). The molecule has 1 saturated carbocycles. The van der Waals surface area contributed by atoms with Gasteiger partial charge in [-0.05, 0) is 63.1 Å². The van der Waals surface area contributed by atoms with Gasteiger partial charge in [-0.1, -0.05) is 12.1 Å². The van der Waals surface area contributed by atoms with Crippen LogP contribution in [0.1, 0.15) is 60.2 Å². The molecule has 1 aromatic carbocycles. The Kier molecular flexibility index (Phi) is 4.84. The summed E-state index contributed by atoms with van der Waals surface area (Å²) >= 11 is 0. The lowest BCUT2D eigenvalue weighted by Gasteiger charge is -2.32. The van der Waals surface area contributed by atoms with Crippen molar-refractivity contribution in [3.8, 4) is 5.75 Å². The monoisotopic (exact) mass is 420 g/mol. The van der Waals surface area contributed by atoms with Gasteiger partial charge in [-0.25, -0.2) is 9.97 Å². The van der Waals surface area contributed by atoms with E-state index < -0.39 is 0 Å². The van der Waals surface area contributed by atoms with Crippen molar-refractivity contribution in [2.45, 2.75) is 51.0 Å². The number of carbonyl (C=O) groups is 1. The van der Waals surface area contributed by atoms with Gasteiger partial charge in [0.15, 0.2) is 0 Å². The van der Waals surface area contributed by atoms with Gasteiger partial charge in [-0.2, -0.15) is 0 Å². The third kappa shape index (κ3) is 3.73. The third-order valence-electron chi connectivity index (χ3n) is 6.65. The van der Waals surface area contributed by atoms with Crippen LogP contribution < -0.4 is 10.1 Å². The molecule has 0 unspecified atom stereocenters. The van der Waals surface area contributed by atoms with Crippen molar-refractivity contribution >= 4 is 22.8 Å². The molecule has 2 aromatic heterocycles. The number of benzene rings is 1. The molecule has 7 nitrogen and oxygen atoms in total. The van der Waals surface area contributed by atoms with Gasteiger partial charge in [-0.3, -0.25) is 4.79 Å². The van der Waals surface area contributed by atoms with Gasteiger partial charge in [0, 0.05) is 18.6 Å². The Morgan fingerprint density at radius 3 is 2.74 bits per heavy atom. The van der Waals surface area contributed by atoms with E-state index in [1.165, 1.54) is 11.9 Å². The minimum absolute atomic E-state index is 0.000794. The molecule has 31 heavy (non-hydrogen) atoms. The highest BCUT2D eigenvalue weighted by Crippen LogP contribution is 2.40. The molecule has 5 rings (SSSR count). The minimum atomic E-state index is -0.000794. The van der Waals surface area contributed by atoms with E-state index in [0.29, 0.717) is 47.2 Å². The lowest BCUT2D eigenvalue weighted by atomic mass is 9.89. The van der Waals surface area contributed by atoms with Crippen LogP contribution in [0.2, 0.25) is 0 Å².